The van der Waals surface area contributed by atoms with Gasteiger partial charge in [0.05, 0.1) is 0 Å². The topological polar surface area (TPSA) is 88.7 Å². The van der Waals surface area contributed by atoms with Crippen LogP contribution in [0.5, 0.6) is 0 Å². The summed E-state index contributed by atoms with van der Waals surface area (Å²) < 4.78 is 10.1. The lowest BCUT2D eigenvalue weighted by Gasteiger charge is -2.19. The monoisotopic (exact) mass is 353 g/mol. The second-order valence-corrected chi connectivity index (χ2v) is 6.28. The second kappa shape index (κ2) is 9.71. The van der Waals surface area contributed by atoms with E-state index < -0.39 is 17.8 Å². The van der Waals surface area contributed by atoms with Gasteiger partial charge < -0.3 is 20.1 Å². The van der Waals surface area contributed by atoms with E-state index >= 15 is 0 Å². The molecule has 1 aromatic carbocycles. The highest BCUT2D eigenvalue weighted by Gasteiger charge is 2.15. The Morgan fingerprint density at radius 3 is 2.29 bits per heavy atom. The Labute approximate surface area is 147 Å². The summed E-state index contributed by atoms with van der Waals surface area (Å²) in [4.78, 5) is 23.0. The van der Waals surface area contributed by atoms with Crippen LogP contribution >= 0.6 is 12.2 Å². The van der Waals surface area contributed by atoms with Crippen LogP contribution in [-0.2, 0) is 16.1 Å². The highest BCUT2D eigenvalue weighted by molar-refractivity contribution is 7.80. The molecular weight excluding hydrogens is 330 g/mol. The molecule has 3 N–H and O–H groups in total. The number of amides is 2. The van der Waals surface area contributed by atoms with E-state index in [-0.39, 0.29) is 11.7 Å². The van der Waals surface area contributed by atoms with E-state index in [4.69, 9.17) is 21.7 Å². The van der Waals surface area contributed by atoms with Crippen molar-refractivity contribution in [3.8, 4) is 0 Å². The largest absolute Gasteiger partial charge is 0.444 e. The number of carbonyl (C=O) groups excluding carboxylic acids is 2. The molecule has 1 aromatic rings. The zero-order valence-electron chi connectivity index (χ0n) is 14.0. The Kier molecular flexibility index (Phi) is 7.97. The second-order valence-electron chi connectivity index (χ2n) is 5.87. The van der Waals surface area contributed by atoms with Crippen molar-refractivity contribution in [2.75, 3.05) is 13.1 Å². The van der Waals surface area contributed by atoms with Gasteiger partial charge in [-0.15, -0.1) is 0 Å². The van der Waals surface area contributed by atoms with Crippen LogP contribution in [0.3, 0.4) is 0 Å². The Morgan fingerprint density at radius 2 is 1.67 bits per heavy atom. The number of rotatable bonds is 5. The van der Waals surface area contributed by atoms with E-state index in [1.807, 2.05) is 30.3 Å². The van der Waals surface area contributed by atoms with E-state index in [2.05, 4.69) is 16.0 Å². The van der Waals surface area contributed by atoms with Gasteiger partial charge in [0.2, 0.25) is 0 Å². The molecule has 8 heteroatoms. The summed E-state index contributed by atoms with van der Waals surface area (Å²) >= 11 is 4.96. The molecule has 0 radical (unpaired) electrons. The van der Waals surface area contributed by atoms with Crippen molar-refractivity contribution in [1.29, 1.82) is 0 Å². The molecule has 7 nitrogen and oxygen atoms in total. The molecular formula is C16H23N3O4S. The Bertz CT molecular complexity index is 558. The zero-order valence-corrected chi connectivity index (χ0v) is 14.9. The maximum absolute atomic E-state index is 11.6. The van der Waals surface area contributed by atoms with Crippen molar-refractivity contribution in [3.63, 3.8) is 0 Å². The van der Waals surface area contributed by atoms with Crippen LogP contribution < -0.4 is 16.0 Å². The molecule has 0 aromatic heterocycles. The summed E-state index contributed by atoms with van der Waals surface area (Å²) in [5.74, 6) is 0. The Morgan fingerprint density at radius 1 is 1.04 bits per heavy atom. The van der Waals surface area contributed by atoms with Crippen molar-refractivity contribution in [2.24, 2.45) is 0 Å². The maximum Gasteiger partial charge on any atom is 0.413 e. The van der Waals surface area contributed by atoms with Crippen molar-refractivity contribution in [3.05, 3.63) is 35.9 Å². The first-order valence-electron chi connectivity index (χ1n) is 7.48. The summed E-state index contributed by atoms with van der Waals surface area (Å²) in [6.07, 6.45) is -1.15. The minimum absolute atomic E-state index is 0.124. The van der Waals surface area contributed by atoms with Gasteiger partial charge in [-0.2, -0.15) is 0 Å². The van der Waals surface area contributed by atoms with E-state index in [1.54, 1.807) is 20.8 Å². The number of thiocarbonyl (C=S) groups is 1. The van der Waals surface area contributed by atoms with Crippen LogP contribution in [0.1, 0.15) is 26.3 Å². The Balaban J connectivity index is 2.13. The number of alkyl carbamates (subject to hydrolysis) is 2. The summed E-state index contributed by atoms with van der Waals surface area (Å²) in [7, 11) is 0. The normalized spacial score (nSPS) is 10.5. The summed E-state index contributed by atoms with van der Waals surface area (Å²) in [5, 5.41) is 7.86. The molecule has 0 atom stereocenters. The molecule has 0 saturated carbocycles. The third-order valence-corrected chi connectivity index (χ3v) is 2.75. The third kappa shape index (κ3) is 9.62. The van der Waals surface area contributed by atoms with Crippen LogP contribution in [0.2, 0.25) is 0 Å². The third-order valence-electron chi connectivity index (χ3n) is 2.51. The SMILES string of the molecule is CC(C)(C)OC(=O)NCCNC(=S)NC(=O)OCc1ccccc1. The smallest absolute Gasteiger partial charge is 0.413 e. The van der Waals surface area contributed by atoms with Gasteiger partial charge in [0.25, 0.3) is 0 Å². The fourth-order valence-electron chi connectivity index (χ4n) is 1.55. The quantitative estimate of drug-likeness (QED) is 0.556. The lowest BCUT2D eigenvalue weighted by atomic mass is 10.2. The summed E-state index contributed by atoms with van der Waals surface area (Å²) in [6.45, 7) is 6.16. The van der Waals surface area contributed by atoms with Crippen LogP contribution in [0.4, 0.5) is 9.59 Å². The minimum atomic E-state index is -0.642. The van der Waals surface area contributed by atoms with Crippen molar-refractivity contribution in [2.45, 2.75) is 33.0 Å². The van der Waals surface area contributed by atoms with Gasteiger partial charge in [-0.25, -0.2) is 9.59 Å². The number of ether oxygens (including phenoxy) is 2. The molecule has 0 aliphatic rings. The molecule has 0 aliphatic carbocycles. The first-order chi connectivity index (χ1) is 11.3. The fraction of sp³-hybridized carbons (Fsp3) is 0.438. The average molecular weight is 353 g/mol. The number of hydrogen-bond acceptors (Lipinski definition) is 5. The molecule has 0 spiro atoms. The van der Waals surface area contributed by atoms with Gasteiger partial charge in [-0.1, -0.05) is 30.3 Å². The first-order valence-corrected chi connectivity index (χ1v) is 7.89. The van der Waals surface area contributed by atoms with E-state index in [1.165, 1.54) is 0 Å². The van der Waals surface area contributed by atoms with Crippen molar-refractivity contribution >= 4 is 29.5 Å². The zero-order chi connectivity index (χ0) is 18.0. The average Bonchev–Trinajstić information content (AvgIpc) is 2.49. The summed E-state index contributed by atoms with van der Waals surface area (Å²) in [6, 6.07) is 9.31. The van der Waals surface area contributed by atoms with E-state index in [9.17, 15) is 9.59 Å². The van der Waals surface area contributed by atoms with Gasteiger partial charge in [0.1, 0.15) is 12.2 Å². The lowest BCUT2D eigenvalue weighted by Crippen LogP contribution is -2.43. The molecule has 0 heterocycles. The van der Waals surface area contributed by atoms with Gasteiger partial charge >= 0.3 is 12.2 Å². The first kappa shape index (κ1) is 19.7. The van der Waals surface area contributed by atoms with Crippen LogP contribution in [-0.4, -0.2) is 36.0 Å². The molecule has 0 unspecified atom stereocenters. The van der Waals surface area contributed by atoms with Crippen LogP contribution in [0, 0.1) is 0 Å². The molecule has 132 valence electrons. The van der Waals surface area contributed by atoms with Gasteiger partial charge in [0, 0.05) is 13.1 Å². The van der Waals surface area contributed by atoms with Gasteiger partial charge in [0.15, 0.2) is 5.11 Å². The molecule has 0 aliphatic heterocycles. The number of benzene rings is 1. The fourth-order valence-corrected chi connectivity index (χ4v) is 1.74. The minimum Gasteiger partial charge on any atom is -0.444 e. The predicted molar refractivity (Wildman–Crippen MR) is 94.6 cm³/mol. The lowest BCUT2D eigenvalue weighted by molar-refractivity contribution is 0.0528. The van der Waals surface area contributed by atoms with Crippen LogP contribution in [0.15, 0.2) is 30.3 Å². The maximum atomic E-state index is 11.6. The highest BCUT2D eigenvalue weighted by atomic mass is 32.1. The number of hydrogen-bond donors (Lipinski definition) is 3. The van der Waals surface area contributed by atoms with Crippen molar-refractivity contribution < 1.29 is 19.1 Å². The van der Waals surface area contributed by atoms with E-state index in [0.717, 1.165) is 5.56 Å². The molecule has 0 fully saturated rings. The van der Waals surface area contributed by atoms with E-state index in [0.29, 0.717) is 13.1 Å². The molecule has 24 heavy (non-hydrogen) atoms. The molecule has 0 saturated heterocycles. The van der Waals surface area contributed by atoms with Gasteiger partial charge in [-0.3, -0.25) is 5.32 Å². The molecule has 2 amide bonds. The number of nitrogens with one attached hydrogen (secondary N) is 3. The molecule has 1 rings (SSSR count). The van der Waals surface area contributed by atoms with Crippen LogP contribution in [0.25, 0.3) is 0 Å². The Hall–Kier alpha value is -2.35. The van der Waals surface area contributed by atoms with Gasteiger partial charge in [-0.05, 0) is 38.6 Å². The van der Waals surface area contributed by atoms with Crippen molar-refractivity contribution in [1.82, 2.24) is 16.0 Å². The predicted octanol–water partition coefficient (Wildman–Crippen LogP) is 2.31. The highest BCUT2D eigenvalue weighted by Crippen LogP contribution is 2.06. The molecule has 0 bridgehead atoms. The standard InChI is InChI=1S/C16H23N3O4S/c1-16(2,3)23-14(20)18-10-9-17-13(24)19-15(21)22-11-12-7-5-4-6-8-12/h4-8H,9-11H2,1-3H3,(H,18,20)(H2,17,19,21,24). The number of carbonyl (C=O) groups is 2. The summed E-state index contributed by atoms with van der Waals surface area (Å²) in [5.41, 5.74) is 0.338.